The number of hydrogen-bond donors (Lipinski definition) is 2. The van der Waals surface area contributed by atoms with Crippen LogP contribution in [0, 0.1) is 5.41 Å². The summed E-state index contributed by atoms with van der Waals surface area (Å²) in [6.45, 7) is 10.4. The molecule has 1 aromatic heterocycles. The van der Waals surface area contributed by atoms with Gasteiger partial charge in [-0.25, -0.2) is 4.98 Å². The van der Waals surface area contributed by atoms with Crippen molar-refractivity contribution in [2.45, 2.75) is 40.2 Å². The van der Waals surface area contributed by atoms with Crippen molar-refractivity contribution in [1.29, 1.82) is 0 Å². The first-order valence-corrected chi connectivity index (χ1v) is 8.31. The fraction of sp³-hybridized carbons (Fsp3) is 0.474. The Morgan fingerprint density at radius 1 is 1.17 bits per heavy atom. The minimum absolute atomic E-state index is 0.130. The van der Waals surface area contributed by atoms with Crippen LogP contribution in [0.1, 0.15) is 44.7 Å². The summed E-state index contributed by atoms with van der Waals surface area (Å²) in [5.74, 6) is 1.29. The van der Waals surface area contributed by atoms with Crippen molar-refractivity contribution in [2.75, 3.05) is 23.8 Å². The van der Waals surface area contributed by atoms with Crippen LogP contribution < -0.4 is 10.6 Å². The first-order valence-electron chi connectivity index (χ1n) is 8.31. The van der Waals surface area contributed by atoms with Crippen molar-refractivity contribution in [1.82, 2.24) is 9.97 Å². The highest BCUT2D eigenvalue weighted by Crippen LogP contribution is 2.23. The number of nitrogen functional groups attached to an aromatic ring is 1. The van der Waals surface area contributed by atoms with Gasteiger partial charge < -0.3 is 15.7 Å². The highest BCUT2D eigenvalue weighted by atomic mass is 16.3. The van der Waals surface area contributed by atoms with Gasteiger partial charge in [0.05, 0.1) is 0 Å². The smallest absolute Gasteiger partial charge is 0.221 e. The molecule has 5 heteroatoms. The molecule has 0 bridgehead atoms. The van der Waals surface area contributed by atoms with Crippen molar-refractivity contribution in [3.05, 3.63) is 47.7 Å². The van der Waals surface area contributed by atoms with E-state index in [9.17, 15) is 5.11 Å². The first-order chi connectivity index (χ1) is 11.3. The second-order valence-corrected chi connectivity index (χ2v) is 7.51. The van der Waals surface area contributed by atoms with E-state index in [1.54, 1.807) is 6.20 Å². The van der Waals surface area contributed by atoms with E-state index in [4.69, 9.17) is 5.73 Å². The molecule has 0 spiro atoms. The highest BCUT2D eigenvalue weighted by molar-refractivity contribution is 5.42. The van der Waals surface area contributed by atoms with Crippen LogP contribution >= 0.6 is 0 Å². The van der Waals surface area contributed by atoms with E-state index in [1.165, 1.54) is 5.56 Å². The standard InChI is InChI=1S/C19H28N4O/c1-14(12-24)16-7-5-15(6-8-16)11-23(13-19(2,3)4)17-9-10-21-18(20)22-17/h5-10,14,24H,11-13H2,1-4H3,(H2,20,21,22). The van der Waals surface area contributed by atoms with Crippen LogP contribution in [0.25, 0.3) is 0 Å². The number of benzene rings is 1. The Labute approximate surface area is 144 Å². The third kappa shape index (κ3) is 5.20. The predicted molar refractivity (Wildman–Crippen MR) is 98.9 cm³/mol. The van der Waals surface area contributed by atoms with Crippen LogP contribution in [0.2, 0.25) is 0 Å². The summed E-state index contributed by atoms with van der Waals surface area (Å²) in [6.07, 6.45) is 1.69. The third-order valence-corrected chi connectivity index (χ3v) is 3.84. The zero-order chi connectivity index (χ0) is 17.7. The Morgan fingerprint density at radius 3 is 2.38 bits per heavy atom. The summed E-state index contributed by atoms with van der Waals surface area (Å²) in [5, 5.41) is 9.27. The molecule has 130 valence electrons. The molecule has 0 fully saturated rings. The number of nitrogens with zero attached hydrogens (tertiary/aromatic N) is 3. The Kier molecular flexibility index (Phi) is 5.78. The average Bonchev–Trinajstić information content (AvgIpc) is 2.53. The normalized spacial score (nSPS) is 12.9. The van der Waals surface area contributed by atoms with E-state index < -0.39 is 0 Å². The average molecular weight is 328 g/mol. The Bertz CT molecular complexity index is 649. The lowest BCUT2D eigenvalue weighted by molar-refractivity contribution is 0.273. The molecule has 0 saturated heterocycles. The van der Waals surface area contributed by atoms with Gasteiger partial charge in [-0.15, -0.1) is 0 Å². The molecule has 1 aromatic carbocycles. The zero-order valence-electron chi connectivity index (χ0n) is 15.0. The lowest BCUT2D eigenvalue weighted by atomic mass is 9.95. The van der Waals surface area contributed by atoms with Crippen molar-refractivity contribution in [3.63, 3.8) is 0 Å². The minimum atomic E-state index is 0.130. The van der Waals surface area contributed by atoms with Gasteiger partial charge in [0, 0.05) is 31.8 Å². The van der Waals surface area contributed by atoms with Crippen molar-refractivity contribution in [3.8, 4) is 0 Å². The summed E-state index contributed by atoms with van der Waals surface area (Å²) >= 11 is 0. The first kappa shape index (κ1) is 18.2. The number of aromatic nitrogens is 2. The summed E-state index contributed by atoms with van der Waals surface area (Å²) in [5.41, 5.74) is 8.23. The number of aliphatic hydroxyl groups excluding tert-OH is 1. The molecule has 0 saturated carbocycles. The molecular weight excluding hydrogens is 300 g/mol. The van der Waals surface area contributed by atoms with Crippen LogP contribution in [0.5, 0.6) is 0 Å². The summed E-state index contributed by atoms with van der Waals surface area (Å²) < 4.78 is 0. The SMILES string of the molecule is CC(CO)c1ccc(CN(CC(C)(C)C)c2ccnc(N)n2)cc1. The van der Waals surface area contributed by atoms with E-state index in [0.29, 0.717) is 5.95 Å². The van der Waals surface area contributed by atoms with Crippen molar-refractivity contribution >= 4 is 11.8 Å². The fourth-order valence-electron chi connectivity index (χ4n) is 2.61. The molecule has 2 aromatic rings. The molecule has 0 aliphatic carbocycles. The van der Waals surface area contributed by atoms with E-state index in [1.807, 2.05) is 13.0 Å². The maximum absolute atomic E-state index is 9.27. The molecule has 0 radical (unpaired) electrons. The summed E-state index contributed by atoms with van der Waals surface area (Å²) in [6, 6.07) is 10.3. The molecule has 1 unspecified atom stereocenters. The molecule has 1 heterocycles. The quantitative estimate of drug-likeness (QED) is 0.851. The summed E-state index contributed by atoms with van der Waals surface area (Å²) in [4.78, 5) is 10.6. The number of aliphatic hydroxyl groups is 1. The number of nitrogens with two attached hydrogens (primary N) is 1. The van der Waals surface area contributed by atoms with E-state index >= 15 is 0 Å². The van der Waals surface area contributed by atoms with E-state index in [-0.39, 0.29) is 17.9 Å². The molecule has 0 amide bonds. The van der Waals surface area contributed by atoms with Gasteiger partial charge in [0.15, 0.2) is 0 Å². The van der Waals surface area contributed by atoms with Crippen LogP contribution in [-0.4, -0.2) is 28.2 Å². The lowest BCUT2D eigenvalue weighted by Crippen LogP contribution is -2.33. The fourth-order valence-corrected chi connectivity index (χ4v) is 2.61. The highest BCUT2D eigenvalue weighted by Gasteiger charge is 2.18. The topological polar surface area (TPSA) is 75.3 Å². The third-order valence-electron chi connectivity index (χ3n) is 3.84. The second-order valence-electron chi connectivity index (χ2n) is 7.51. The second kappa shape index (κ2) is 7.62. The maximum Gasteiger partial charge on any atom is 0.221 e. The molecule has 0 aliphatic rings. The summed E-state index contributed by atoms with van der Waals surface area (Å²) in [7, 11) is 0. The van der Waals surface area contributed by atoms with Crippen LogP contribution in [0.4, 0.5) is 11.8 Å². The predicted octanol–water partition coefficient (Wildman–Crippen LogP) is 3.21. The molecule has 0 aliphatic heterocycles. The number of hydrogen-bond acceptors (Lipinski definition) is 5. The minimum Gasteiger partial charge on any atom is -0.396 e. The van der Waals surface area contributed by atoms with Gasteiger partial charge >= 0.3 is 0 Å². The molecule has 2 rings (SSSR count). The van der Waals surface area contributed by atoms with Crippen LogP contribution in [-0.2, 0) is 6.54 Å². The van der Waals surface area contributed by atoms with Gasteiger partial charge in [-0.3, -0.25) is 0 Å². The van der Waals surface area contributed by atoms with Gasteiger partial charge in [0.25, 0.3) is 0 Å². The molecule has 24 heavy (non-hydrogen) atoms. The van der Waals surface area contributed by atoms with Crippen molar-refractivity contribution in [2.24, 2.45) is 5.41 Å². The molecule has 5 nitrogen and oxygen atoms in total. The van der Waals surface area contributed by atoms with Gasteiger partial charge in [-0.2, -0.15) is 4.98 Å². The Balaban J connectivity index is 2.22. The van der Waals surface area contributed by atoms with Crippen LogP contribution in [0.15, 0.2) is 36.5 Å². The van der Waals surface area contributed by atoms with E-state index in [2.05, 4.69) is 59.9 Å². The van der Waals surface area contributed by atoms with Gasteiger partial charge in [-0.05, 0) is 22.6 Å². The molecule has 3 N–H and O–H groups in total. The van der Waals surface area contributed by atoms with Gasteiger partial charge in [-0.1, -0.05) is 52.0 Å². The zero-order valence-corrected chi connectivity index (χ0v) is 15.0. The van der Waals surface area contributed by atoms with Crippen LogP contribution in [0.3, 0.4) is 0 Å². The Hall–Kier alpha value is -2.14. The van der Waals surface area contributed by atoms with Crippen molar-refractivity contribution < 1.29 is 5.11 Å². The largest absolute Gasteiger partial charge is 0.396 e. The van der Waals surface area contributed by atoms with Gasteiger partial charge in [0.1, 0.15) is 5.82 Å². The monoisotopic (exact) mass is 328 g/mol. The lowest BCUT2D eigenvalue weighted by Gasteiger charge is -2.31. The van der Waals surface area contributed by atoms with Gasteiger partial charge in [0.2, 0.25) is 5.95 Å². The maximum atomic E-state index is 9.27. The Morgan fingerprint density at radius 2 is 1.83 bits per heavy atom. The number of anilines is 2. The molecule has 1 atom stereocenters. The number of rotatable bonds is 6. The molecular formula is C19H28N4O. The van der Waals surface area contributed by atoms with E-state index in [0.717, 1.165) is 24.5 Å².